The van der Waals surface area contributed by atoms with Crippen LogP contribution in [0.4, 0.5) is 11.4 Å². The van der Waals surface area contributed by atoms with Gasteiger partial charge in [0.15, 0.2) is 5.75 Å². The highest BCUT2D eigenvalue weighted by atomic mass is 35.5. The summed E-state index contributed by atoms with van der Waals surface area (Å²) in [6.07, 6.45) is 9.09. The molecule has 2 aliphatic heterocycles. The van der Waals surface area contributed by atoms with Gasteiger partial charge in [-0.1, -0.05) is 31.6 Å². The number of alkyl halides is 1. The number of sulfonamides is 1. The number of amides is 1. The zero-order valence-electron chi connectivity index (χ0n) is 34.0. The molecule has 1 spiro atoms. The van der Waals surface area contributed by atoms with E-state index in [2.05, 4.69) is 44.9 Å². The van der Waals surface area contributed by atoms with E-state index in [0.717, 1.165) is 107 Å². The molecule has 14 nitrogen and oxygen atoms in total. The number of carbonyl (C=O) groups is 1. The largest absolute Gasteiger partial charge is 0.487 e. The highest BCUT2D eigenvalue weighted by Gasteiger charge is 2.50. The first-order valence-corrected chi connectivity index (χ1v) is 22.5. The van der Waals surface area contributed by atoms with Crippen molar-refractivity contribution >= 4 is 49.9 Å². The number of H-pyrrole nitrogens is 1. The van der Waals surface area contributed by atoms with Crippen LogP contribution < -0.4 is 19.1 Å². The van der Waals surface area contributed by atoms with Crippen molar-refractivity contribution in [3.05, 3.63) is 99.9 Å². The number of piperazine rings is 1. The summed E-state index contributed by atoms with van der Waals surface area (Å²) in [5.41, 5.74) is 5.32. The first kappa shape index (κ1) is 41.8. The fraction of sp³-hybridized carbons (Fsp3) is 0.455. The molecule has 4 aromatic rings. The Hall–Kier alpha value is -4.96. The summed E-state index contributed by atoms with van der Waals surface area (Å²) >= 11 is 6.12. The van der Waals surface area contributed by atoms with Gasteiger partial charge in [-0.15, -0.1) is 11.6 Å². The molecular formula is C44H51ClN6O8S. The molecule has 2 saturated heterocycles. The Balaban J connectivity index is 0.987. The summed E-state index contributed by atoms with van der Waals surface area (Å²) in [5, 5.41) is 12.8. The number of halogens is 1. The van der Waals surface area contributed by atoms with E-state index in [1.165, 1.54) is 35.5 Å². The molecule has 2 N–H and O–H groups in total. The predicted octanol–water partition coefficient (Wildman–Crippen LogP) is 8.00. The van der Waals surface area contributed by atoms with E-state index in [9.17, 15) is 23.3 Å². The van der Waals surface area contributed by atoms with Crippen molar-refractivity contribution in [3.8, 4) is 17.2 Å². The van der Waals surface area contributed by atoms with Gasteiger partial charge in [-0.2, -0.15) is 0 Å². The normalized spacial score (nSPS) is 19.1. The third-order valence-corrected chi connectivity index (χ3v) is 13.9. The molecule has 60 heavy (non-hydrogen) atoms. The molecule has 318 valence electrons. The van der Waals surface area contributed by atoms with Crippen LogP contribution in [0.1, 0.15) is 62.7 Å². The molecule has 0 radical (unpaired) electrons. The lowest BCUT2D eigenvalue weighted by molar-refractivity contribution is -0.386. The maximum Gasteiger partial charge on any atom is 0.312 e. The van der Waals surface area contributed by atoms with E-state index in [1.807, 2.05) is 6.07 Å². The van der Waals surface area contributed by atoms with Crippen molar-refractivity contribution in [1.29, 1.82) is 0 Å². The van der Waals surface area contributed by atoms with Crippen molar-refractivity contribution in [3.63, 3.8) is 0 Å². The Morgan fingerprint density at radius 2 is 1.88 bits per heavy atom. The van der Waals surface area contributed by atoms with E-state index in [0.29, 0.717) is 17.3 Å². The molecule has 4 aliphatic rings. The van der Waals surface area contributed by atoms with Crippen LogP contribution in [0.2, 0.25) is 0 Å². The van der Waals surface area contributed by atoms with E-state index in [1.54, 1.807) is 24.4 Å². The fourth-order valence-corrected chi connectivity index (χ4v) is 10.2. The van der Waals surface area contributed by atoms with Gasteiger partial charge in [0.25, 0.3) is 15.9 Å². The molecule has 0 bridgehead atoms. The molecule has 8 rings (SSSR count). The number of pyridine rings is 1. The first-order valence-electron chi connectivity index (χ1n) is 20.4. The zero-order chi connectivity index (χ0) is 42.2. The molecular weight excluding hydrogens is 808 g/mol. The minimum absolute atomic E-state index is 0.0378. The van der Waals surface area contributed by atoms with E-state index in [4.69, 9.17) is 25.8 Å². The Morgan fingerprint density at radius 1 is 1.10 bits per heavy atom. The van der Waals surface area contributed by atoms with Crippen LogP contribution in [0.15, 0.2) is 89.1 Å². The van der Waals surface area contributed by atoms with Crippen LogP contribution in [0.3, 0.4) is 0 Å². The van der Waals surface area contributed by atoms with E-state index < -0.39 is 31.4 Å². The quantitative estimate of drug-likeness (QED) is 0.0675. The number of nitro benzene ring substituents is 1. The van der Waals surface area contributed by atoms with Gasteiger partial charge in [0.1, 0.15) is 17.1 Å². The molecule has 16 heteroatoms. The van der Waals surface area contributed by atoms with Crippen molar-refractivity contribution in [2.45, 2.75) is 57.3 Å². The second-order valence-corrected chi connectivity index (χ2v) is 19.6. The Morgan fingerprint density at radius 3 is 2.60 bits per heavy atom. The first-order chi connectivity index (χ1) is 28.7. The number of rotatable bonds is 15. The summed E-state index contributed by atoms with van der Waals surface area (Å²) in [5.74, 6) is 0.264. The van der Waals surface area contributed by atoms with Crippen molar-refractivity contribution in [2.24, 2.45) is 16.7 Å². The fourth-order valence-electron chi connectivity index (χ4n) is 8.94. The number of fused-ring (bicyclic) bond motifs is 1. The number of nitrogens with zero attached hydrogens (tertiary/aromatic N) is 4. The number of nitrogens with one attached hydrogen (secondary N) is 2. The Labute approximate surface area is 355 Å². The van der Waals surface area contributed by atoms with E-state index >= 15 is 0 Å². The molecule has 3 fully saturated rings. The smallest absolute Gasteiger partial charge is 0.312 e. The number of hydrogen-bond donors (Lipinski definition) is 2. The number of aromatic nitrogens is 2. The predicted molar refractivity (Wildman–Crippen MR) is 230 cm³/mol. The lowest BCUT2D eigenvalue weighted by Gasteiger charge is -2.53. The number of nitro groups is 1. The Bertz CT molecular complexity index is 2450. The molecule has 1 saturated carbocycles. The third kappa shape index (κ3) is 9.04. The van der Waals surface area contributed by atoms with Gasteiger partial charge >= 0.3 is 5.69 Å². The number of benzene rings is 2. The lowest BCUT2D eigenvalue weighted by Crippen LogP contribution is -2.53. The van der Waals surface area contributed by atoms with Crippen LogP contribution in [-0.4, -0.2) is 92.5 Å². The molecule has 2 aliphatic carbocycles. The topological polar surface area (TPSA) is 169 Å². The monoisotopic (exact) mass is 858 g/mol. The summed E-state index contributed by atoms with van der Waals surface area (Å²) in [7, 11) is -4.57. The minimum atomic E-state index is -4.57. The van der Waals surface area contributed by atoms with Gasteiger partial charge in [0, 0.05) is 73.4 Å². The minimum Gasteiger partial charge on any atom is -0.487 e. The molecule has 0 atom stereocenters. The van der Waals surface area contributed by atoms with Gasteiger partial charge in [-0.05, 0) is 91.8 Å². The number of aromatic amines is 1. The lowest BCUT2D eigenvalue weighted by atomic mass is 9.61. The standard InChI is InChI=1S/C44H51ClN6O8S/c1-29(9-12-45)37-23-43(2,3)11-8-32(37)25-49-14-16-50(17-15-49)33-4-6-36(40(19-33)59-34-18-31-10-13-46-41(31)47-24-34)42(52)48-60(55,56)35-5-7-39(38(20-35)51(53)54)58-26-30-21-44(22-30)27-57-28-44/h4-7,10,13,18-20,24,30H,1,8-9,11-12,14-17,21-23,25-28H2,2-3H3,(H,46,47)(H,48,52). The number of ether oxygens (including phenoxy) is 3. The third-order valence-electron chi connectivity index (χ3n) is 12.4. The van der Waals surface area contributed by atoms with Gasteiger partial charge < -0.3 is 24.1 Å². The van der Waals surface area contributed by atoms with Gasteiger partial charge in [0.05, 0.1) is 41.4 Å². The average Bonchev–Trinajstić information content (AvgIpc) is 3.65. The molecule has 4 heterocycles. The number of hydrogen-bond acceptors (Lipinski definition) is 11. The summed E-state index contributed by atoms with van der Waals surface area (Å²) in [6, 6.07) is 12.0. The summed E-state index contributed by atoms with van der Waals surface area (Å²) in [4.78, 5) is 36.9. The Kier molecular flexibility index (Phi) is 11.7. The van der Waals surface area contributed by atoms with Crippen LogP contribution in [0, 0.1) is 26.9 Å². The van der Waals surface area contributed by atoms with Gasteiger partial charge in [0.2, 0.25) is 0 Å². The van der Waals surface area contributed by atoms with Crippen molar-refractivity contribution in [2.75, 3.05) is 63.3 Å². The maximum atomic E-state index is 13.9. The van der Waals surface area contributed by atoms with Crippen LogP contribution in [0.25, 0.3) is 11.0 Å². The second kappa shape index (κ2) is 16.8. The van der Waals surface area contributed by atoms with Crippen LogP contribution >= 0.6 is 11.6 Å². The summed E-state index contributed by atoms with van der Waals surface area (Å²) in [6.45, 7) is 14.7. The van der Waals surface area contributed by atoms with Crippen LogP contribution in [0.5, 0.6) is 17.2 Å². The highest BCUT2D eigenvalue weighted by Crippen LogP contribution is 2.51. The summed E-state index contributed by atoms with van der Waals surface area (Å²) < 4.78 is 46.8. The van der Waals surface area contributed by atoms with Crippen LogP contribution in [-0.2, 0) is 14.8 Å². The SMILES string of the molecule is C=C(CCCl)C1=C(CN2CCN(c3ccc(C(=O)NS(=O)(=O)c4ccc(OCC5CC6(COC6)C5)c([N+](=O)[O-])c4)c(Oc4cnc5[nH]ccc5c4)c3)CC2)CCC(C)(C)C1. The average molecular weight is 859 g/mol. The van der Waals surface area contributed by atoms with Crippen molar-refractivity contribution < 1.29 is 32.3 Å². The molecule has 2 aromatic carbocycles. The molecule has 1 amide bonds. The van der Waals surface area contributed by atoms with E-state index in [-0.39, 0.29) is 40.4 Å². The second-order valence-electron chi connectivity index (χ2n) is 17.5. The number of allylic oxidation sites excluding steroid dienone is 2. The van der Waals surface area contributed by atoms with Crippen molar-refractivity contribution in [1.82, 2.24) is 19.6 Å². The molecule has 2 aromatic heterocycles. The maximum absolute atomic E-state index is 13.9. The highest BCUT2D eigenvalue weighted by molar-refractivity contribution is 7.90. The molecule has 0 unspecified atom stereocenters. The number of anilines is 1. The zero-order valence-corrected chi connectivity index (χ0v) is 35.6. The number of carbonyl (C=O) groups excluding carboxylic acids is 1. The van der Waals surface area contributed by atoms with Gasteiger partial charge in [-0.25, -0.2) is 18.1 Å². The van der Waals surface area contributed by atoms with Gasteiger partial charge in [-0.3, -0.25) is 19.8 Å².